The van der Waals surface area contributed by atoms with Gasteiger partial charge in [-0.25, -0.2) is 12.8 Å². The molecule has 1 aliphatic heterocycles. The summed E-state index contributed by atoms with van der Waals surface area (Å²) >= 11 is 5.63. The van der Waals surface area contributed by atoms with E-state index in [9.17, 15) is 26.0 Å². The molecule has 1 aromatic carbocycles. The lowest BCUT2D eigenvalue weighted by Gasteiger charge is -2.30. The first-order valence-electron chi connectivity index (χ1n) is 7.45. The average molecular weight is 414 g/mol. The van der Waals surface area contributed by atoms with Crippen LogP contribution in [0.4, 0.5) is 17.6 Å². The molecule has 3 rings (SSSR count). The Balaban J connectivity index is 1.83. The number of piperidine rings is 1. The van der Waals surface area contributed by atoms with E-state index in [1.807, 2.05) is 0 Å². The van der Waals surface area contributed by atoms with Crippen LogP contribution in [-0.4, -0.2) is 36.0 Å². The molecule has 0 aliphatic carbocycles. The number of aromatic nitrogens is 2. The summed E-state index contributed by atoms with van der Waals surface area (Å²) in [5.74, 6) is -3.17. The first kappa shape index (κ1) is 19.1. The van der Waals surface area contributed by atoms with Crippen LogP contribution in [0.3, 0.4) is 0 Å². The van der Waals surface area contributed by atoms with E-state index in [4.69, 9.17) is 11.6 Å². The van der Waals surface area contributed by atoms with Gasteiger partial charge in [-0.05, 0) is 31.0 Å². The van der Waals surface area contributed by atoms with Crippen LogP contribution in [0.2, 0.25) is 5.02 Å². The Hall–Kier alpha value is -1.72. The van der Waals surface area contributed by atoms with Gasteiger partial charge in [-0.15, -0.1) is 10.2 Å². The molecule has 0 N–H and O–H groups in total. The lowest BCUT2D eigenvalue weighted by atomic mass is 10.00. The Labute approximate surface area is 150 Å². The molecule has 0 radical (unpaired) electrons. The van der Waals surface area contributed by atoms with E-state index in [1.54, 1.807) is 0 Å². The second-order valence-corrected chi connectivity index (χ2v) is 8.07. The molecule has 0 spiro atoms. The van der Waals surface area contributed by atoms with Crippen molar-refractivity contribution in [3.63, 3.8) is 0 Å². The molecule has 142 valence electrons. The highest BCUT2D eigenvalue weighted by atomic mass is 35.5. The van der Waals surface area contributed by atoms with Gasteiger partial charge >= 0.3 is 12.1 Å². The van der Waals surface area contributed by atoms with Gasteiger partial charge < -0.3 is 4.42 Å². The molecule has 0 unspecified atom stereocenters. The number of hydrogen-bond acceptors (Lipinski definition) is 5. The molecule has 0 saturated carbocycles. The summed E-state index contributed by atoms with van der Waals surface area (Å²) in [6.07, 6.45) is -3.98. The maximum atomic E-state index is 13.3. The minimum absolute atomic E-state index is 0.128. The largest absolute Gasteiger partial charge is 0.470 e. The van der Waals surface area contributed by atoms with Gasteiger partial charge in [-0.1, -0.05) is 11.6 Å². The van der Waals surface area contributed by atoms with Crippen LogP contribution in [-0.2, 0) is 16.2 Å². The fourth-order valence-corrected chi connectivity index (χ4v) is 4.46. The van der Waals surface area contributed by atoms with E-state index >= 15 is 0 Å². The van der Waals surface area contributed by atoms with Crippen molar-refractivity contribution in [3.05, 3.63) is 40.8 Å². The summed E-state index contributed by atoms with van der Waals surface area (Å²) in [7, 11) is -3.99. The molecule has 0 bridgehead atoms. The maximum absolute atomic E-state index is 13.3. The zero-order valence-electron chi connectivity index (χ0n) is 13.0. The monoisotopic (exact) mass is 413 g/mol. The predicted octanol–water partition coefficient (Wildman–Crippen LogP) is 3.45. The van der Waals surface area contributed by atoms with E-state index < -0.39 is 33.8 Å². The Kier molecular flexibility index (Phi) is 4.97. The molecule has 2 heterocycles. The molecule has 1 fully saturated rings. The molecule has 1 saturated heterocycles. The highest BCUT2D eigenvalue weighted by molar-refractivity contribution is 7.89. The molecule has 12 heteroatoms. The summed E-state index contributed by atoms with van der Waals surface area (Å²) in [5.41, 5.74) is 0. The highest BCUT2D eigenvalue weighted by Crippen LogP contribution is 2.33. The third kappa shape index (κ3) is 3.69. The first-order chi connectivity index (χ1) is 12.1. The smallest absolute Gasteiger partial charge is 0.417 e. The number of nitrogens with zero attached hydrogens (tertiary/aromatic N) is 3. The Morgan fingerprint density at radius 2 is 2.00 bits per heavy atom. The third-order valence-corrected chi connectivity index (χ3v) is 6.10. The Morgan fingerprint density at radius 3 is 2.62 bits per heavy atom. The zero-order chi connectivity index (χ0) is 19.1. The molecule has 2 aromatic rings. The van der Waals surface area contributed by atoms with Crippen LogP contribution in [0, 0.1) is 5.82 Å². The number of hydrogen-bond donors (Lipinski definition) is 0. The van der Waals surface area contributed by atoms with Gasteiger partial charge in [0.05, 0.1) is 15.8 Å². The van der Waals surface area contributed by atoms with Crippen LogP contribution < -0.4 is 0 Å². The molecule has 0 amide bonds. The summed E-state index contributed by atoms with van der Waals surface area (Å²) in [5, 5.41) is 6.01. The van der Waals surface area contributed by atoms with Crippen molar-refractivity contribution in [1.82, 2.24) is 14.5 Å². The number of sulfonamides is 1. The number of benzene rings is 1. The molecular weight excluding hydrogens is 402 g/mol. The van der Waals surface area contributed by atoms with Crippen LogP contribution >= 0.6 is 11.6 Å². The molecule has 6 nitrogen and oxygen atoms in total. The van der Waals surface area contributed by atoms with Gasteiger partial charge in [-0.2, -0.15) is 17.5 Å². The average Bonchev–Trinajstić information content (AvgIpc) is 3.08. The topological polar surface area (TPSA) is 76.3 Å². The van der Waals surface area contributed by atoms with Crippen molar-refractivity contribution >= 4 is 21.6 Å². The number of alkyl halides is 3. The van der Waals surface area contributed by atoms with Gasteiger partial charge in [0.25, 0.3) is 0 Å². The summed E-state index contributed by atoms with van der Waals surface area (Å²) < 4.78 is 82.1. The quantitative estimate of drug-likeness (QED) is 0.720. The van der Waals surface area contributed by atoms with Crippen LogP contribution in [0.5, 0.6) is 0 Å². The standard InChI is InChI=1S/C14H12ClF4N3O3S/c15-10-6-9(3-4-11(10)16)26(23,24)22-5-1-2-8(7-22)12-20-21-13(25-12)14(17,18)19/h3-4,6,8H,1-2,5,7H2/t8-/m0/s1. The fraction of sp³-hybridized carbons (Fsp3) is 0.429. The first-order valence-corrected chi connectivity index (χ1v) is 9.26. The summed E-state index contributed by atoms with van der Waals surface area (Å²) in [4.78, 5) is -0.203. The minimum atomic E-state index is -4.77. The lowest BCUT2D eigenvalue weighted by Crippen LogP contribution is -2.39. The molecule has 1 aliphatic rings. The maximum Gasteiger partial charge on any atom is 0.470 e. The summed E-state index contributed by atoms with van der Waals surface area (Å²) in [6.45, 7) is 0.0327. The van der Waals surface area contributed by atoms with Crippen molar-refractivity contribution in [2.24, 2.45) is 0 Å². The van der Waals surface area contributed by atoms with Crippen LogP contribution in [0.1, 0.15) is 30.5 Å². The normalized spacial score (nSPS) is 19.7. The van der Waals surface area contributed by atoms with Crippen molar-refractivity contribution < 1.29 is 30.4 Å². The predicted molar refractivity (Wildman–Crippen MR) is 81.4 cm³/mol. The summed E-state index contributed by atoms with van der Waals surface area (Å²) in [6, 6.07) is 3.00. The van der Waals surface area contributed by atoms with E-state index in [0.717, 1.165) is 22.5 Å². The van der Waals surface area contributed by atoms with Gasteiger partial charge in [-0.3, -0.25) is 0 Å². The molecule has 1 aromatic heterocycles. The van der Waals surface area contributed by atoms with Crippen molar-refractivity contribution in [2.75, 3.05) is 13.1 Å². The number of rotatable bonds is 3. The van der Waals surface area contributed by atoms with Crippen LogP contribution in [0.25, 0.3) is 0 Å². The Morgan fingerprint density at radius 1 is 1.27 bits per heavy atom. The van der Waals surface area contributed by atoms with Crippen molar-refractivity contribution in [3.8, 4) is 0 Å². The lowest BCUT2D eigenvalue weighted by molar-refractivity contribution is -0.157. The second-order valence-electron chi connectivity index (χ2n) is 5.72. The highest BCUT2D eigenvalue weighted by Gasteiger charge is 2.40. The zero-order valence-corrected chi connectivity index (χ0v) is 14.6. The molecule has 26 heavy (non-hydrogen) atoms. The van der Waals surface area contributed by atoms with Gasteiger partial charge in [0.15, 0.2) is 0 Å². The fourth-order valence-electron chi connectivity index (χ4n) is 2.66. The van der Waals surface area contributed by atoms with Crippen LogP contribution in [0.15, 0.2) is 27.5 Å². The van der Waals surface area contributed by atoms with Crippen molar-refractivity contribution in [1.29, 1.82) is 0 Å². The molecule has 1 atom stereocenters. The van der Waals surface area contributed by atoms with E-state index in [2.05, 4.69) is 14.6 Å². The van der Waals surface area contributed by atoms with E-state index in [-0.39, 0.29) is 28.9 Å². The molecular formula is C14H12ClF4N3O3S. The van der Waals surface area contributed by atoms with Crippen molar-refractivity contribution in [2.45, 2.75) is 29.8 Å². The van der Waals surface area contributed by atoms with Gasteiger partial charge in [0.1, 0.15) is 5.82 Å². The third-order valence-electron chi connectivity index (χ3n) is 3.95. The van der Waals surface area contributed by atoms with Gasteiger partial charge in [0.2, 0.25) is 15.9 Å². The SMILES string of the molecule is O=S(=O)(c1ccc(F)c(Cl)c1)N1CCC[C@H](c2nnc(C(F)(F)F)o2)C1. The minimum Gasteiger partial charge on any atom is -0.417 e. The Bertz CT molecular complexity index is 916. The van der Waals surface area contributed by atoms with E-state index in [1.165, 1.54) is 0 Å². The van der Waals surface area contributed by atoms with E-state index in [0.29, 0.717) is 12.8 Å². The van der Waals surface area contributed by atoms with Gasteiger partial charge in [0, 0.05) is 13.1 Å². The second kappa shape index (κ2) is 6.78. The number of halogens is 5.